The van der Waals surface area contributed by atoms with E-state index in [4.69, 9.17) is 10.9 Å². The molecule has 146 valence electrons. The minimum atomic E-state index is -0.699. The summed E-state index contributed by atoms with van der Waals surface area (Å²) in [5, 5.41) is 8.80. The molecule has 0 saturated carbocycles. The smallest absolute Gasteiger partial charge is 0.249 e. The molecule has 0 aliphatic heterocycles. The number of aryl methyl sites for hydroxylation is 1. The van der Waals surface area contributed by atoms with Crippen LogP contribution in [-0.4, -0.2) is 30.4 Å². The lowest BCUT2D eigenvalue weighted by molar-refractivity contribution is -0.132. The highest BCUT2D eigenvalue weighted by Gasteiger charge is 2.26. The maximum absolute atomic E-state index is 14.1. The molecule has 0 bridgehead atoms. The van der Waals surface area contributed by atoms with E-state index >= 15 is 0 Å². The van der Waals surface area contributed by atoms with Crippen LogP contribution < -0.4 is 16.2 Å². The first-order chi connectivity index (χ1) is 13.0. The van der Waals surface area contributed by atoms with Gasteiger partial charge in [0.05, 0.1) is 0 Å². The van der Waals surface area contributed by atoms with Crippen molar-refractivity contribution in [1.82, 2.24) is 4.90 Å². The molecule has 2 aromatic carbocycles. The quantitative estimate of drug-likeness (QED) is 0.571. The summed E-state index contributed by atoms with van der Waals surface area (Å²) in [6.45, 7) is 5.15. The van der Waals surface area contributed by atoms with Gasteiger partial charge in [0.25, 0.3) is 0 Å². The van der Waals surface area contributed by atoms with Crippen LogP contribution in [0.1, 0.15) is 30.5 Å². The lowest BCUT2D eigenvalue weighted by atomic mass is 10.0. The number of rotatable bonds is 9. The van der Waals surface area contributed by atoms with E-state index in [1.54, 1.807) is 24.0 Å². The van der Waals surface area contributed by atoms with Gasteiger partial charge in [-0.1, -0.05) is 19.1 Å². The van der Waals surface area contributed by atoms with Gasteiger partial charge in [-0.25, -0.2) is 4.39 Å². The normalized spacial score (nSPS) is 11.9. The summed E-state index contributed by atoms with van der Waals surface area (Å²) in [5.74, 6) is -0.453. The summed E-state index contributed by atoms with van der Waals surface area (Å²) >= 11 is 1.15. The van der Waals surface area contributed by atoms with Crippen LogP contribution in [0.3, 0.4) is 0 Å². The number of nitrogens with one attached hydrogen (secondary N) is 1. The monoisotopic (exact) mass is 390 g/mol. The van der Waals surface area contributed by atoms with E-state index < -0.39 is 6.04 Å². The summed E-state index contributed by atoms with van der Waals surface area (Å²) in [7, 11) is 0. The molecule has 0 spiro atoms. The molecule has 27 heavy (non-hydrogen) atoms. The van der Waals surface area contributed by atoms with Crippen LogP contribution >= 0.6 is 11.9 Å². The molecular formula is C20H27FN4OS. The molecule has 2 rings (SSSR count). The second kappa shape index (κ2) is 10.3. The Labute approximate surface area is 164 Å². The maximum atomic E-state index is 14.1. The van der Waals surface area contributed by atoms with Gasteiger partial charge in [0.2, 0.25) is 5.91 Å². The SMILES string of the molecule is CCCN(CCN)C(=O)C(Nc1ccc(SN)cc1)c1ccc(C)c(F)c1. The number of amides is 1. The Morgan fingerprint density at radius 3 is 2.48 bits per heavy atom. The number of hydrogen-bond acceptors (Lipinski definition) is 5. The summed E-state index contributed by atoms with van der Waals surface area (Å²) in [5.41, 5.74) is 7.56. The third-order valence-corrected chi connectivity index (χ3v) is 4.83. The zero-order valence-corrected chi connectivity index (χ0v) is 16.6. The van der Waals surface area contributed by atoms with Gasteiger partial charge in [0.15, 0.2) is 0 Å². The van der Waals surface area contributed by atoms with Crippen molar-refractivity contribution in [3.05, 3.63) is 59.4 Å². The van der Waals surface area contributed by atoms with E-state index in [0.29, 0.717) is 30.8 Å². The molecule has 0 aromatic heterocycles. The Balaban J connectivity index is 2.36. The van der Waals surface area contributed by atoms with Crippen LogP contribution in [0.4, 0.5) is 10.1 Å². The molecule has 0 aliphatic carbocycles. The van der Waals surface area contributed by atoms with Crippen LogP contribution in [0.2, 0.25) is 0 Å². The van der Waals surface area contributed by atoms with Crippen molar-refractivity contribution >= 4 is 23.5 Å². The fourth-order valence-corrected chi connectivity index (χ4v) is 3.11. The third-order valence-electron chi connectivity index (χ3n) is 4.28. The van der Waals surface area contributed by atoms with Gasteiger partial charge < -0.3 is 16.0 Å². The van der Waals surface area contributed by atoms with Crippen molar-refractivity contribution in [2.45, 2.75) is 31.2 Å². The van der Waals surface area contributed by atoms with Crippen LogP contribution in [0.25, 0.3) is 0 Å². The number of benzene rings is 2. The van der Waals surface area contributed by atoms with Gasteiger partial charge in [-0.3, -0.25) is 9.93 Å². The van der Waals surface area contributed by atoms with Crippen molar-refractivity contribution in [1.29, 1.82) is 0 Å². The molecule has 0 fully saturated rings. The van der Waals surface area contributed by atoms with Gasteiger partial charge in [0.1, 0.15) is 11.9 Å². The molecule has 5 nitrogen and oxygen atoms in total. The van der Waals surface area contributed by atoms with E-state index in [1.165, 1.54) is 6.07 Å². The van der Waals surface area contributed by atoms with E-state index in [1.807, 2.05) is 31.2 Å². The molecule has 2 aromatic rings. The highest BCUT2D eigenvalue weighted by atomic mass is 32.2. The minimum absolute atomic E-state index is 0.122. The van der Waals surface area contributed by atoms with Gasteiger partial charge in [-0.2, -0.15) is 0 Å². The fraction of sp³-hybridized carbons (Fsp3) is 0.350. The fourth-order valence-electron chi connectivity index (χ4n) is 2.81. The van der Waals surface area contributed by atoms with Crippen molar-refractivity contribution in [2.75, 3.05) is 25.0 Å². The Bertz CT molecular complexity index is 748. The topological polar surface area (TPSA) is 84.4 Å². The third kappa shape index (κ3) is 5.69. The second-order valence-corrected chi connectivity index (χ2v) is 7.05. The van der Waals surface area contributed by atoms with Crippen molar-refractivity contribution < 1.29 is 9.18 Å². The average molecular weight is 391 g/mol. The Morgan fingerprint density at radius 1 is 1.22 bits per heavy atom. The number of nitrogens with zero attached hydrogens (tertiary/aromatic N) is 1. The summed E-state index contributed by atoms with van der Waals surface area (Å²) < 4.78 is 14.1. The van der Waals surface area contributed by atoms with E-state index in [2.05, 4.69) is 5.32 Å². The largest absolute Gasteiger partial charge is 0.370 e. The molecule has 1 atom stereocenters. The van der Waals surface area contributed by atoms with E-state index in [-0.39, 0.29) is 11.7 Å². The first-order valence-corrected chi connectivity index (χ1v) is 9.86. The summed E-state index contributed by atoms with van der Waals surface area (Å²) in [4.78, 5) is 15.8. The Kier molecular flexibility index (Phi) is 8.09. The van der Waals surface area contributed by atoms with Gasteiger partial charge in [-0.15, -0.1) is 0 Å². The summed E-state index contributed by atoms with van der Waals surface area (Å²) in [6, 6.07) is 11.6. The predicted octanol–water partition coefficient (Wildman–Crippen LogP) is 3.45. The van der Waals surface area contributed by atoms with Crippen LogP contribution in [-0.2, 0) is 4.79 Å². The number of nitrogens with two attached hydrogens (primary N) is 2. The number of carbonyl (C=O) groups is 1. The Hall–Kier alpha value is -2.09. The lowest BCUT2D eigenvalue weighted by Crippen LogP contribution is -2.41. The molecule has 0 radical (unpaired) electrons. The molecular weight excluding hydrogens is 363 g/mol. The zero-order valence-electron chi connectivity index (χ0n) is 15.7. The van der Waals surface area contributed by atoms with E-state index in [0.717, 1.165) is 29.0 Å². The second-order valence-electron chi connectivity index (χ2n) is 6.34. The van der Waals surface area contributed by atoms with Gasteiger partial charge in [-0.05, 0) is 66.8 Å². The molecule has 1 unspecified atom stereocenters. The first kappa shape index (κ1) is 21.2. The van der Waals surface area contributed by atoms with Gasteiger partial charge >= 0.3 is 0 Å². The Morgan fingerprint density at radius 2 is 1.93 bits per heavy atom. The van der Waals surface area contributed by atoms with Gasteiger partial charge in [0, 0.05) is 30.2 Å². The first-order valence-electron chi connectivity index (χ1n) is 8.98. The molecule has 0 heterocycles. The number of hydrogen-bond donors (Lipinski definition) is 3. The van der Waals surface area contributed by atoms with Crippen LogP contribution in [0.15, 0.2) is 47.4 Å². The maximum Gasteiger partial charge on any atom is 0.249 e. The molecule has 0 saturated heterocycles. The highest BCUT2D eigenvalue weighted by molar-refractivity contribution is 7.97. The molecule has 1 amide bonds. The number of carbonyl (C=O) groups excluding carboxylic acids is 1. The predicted molar refractivity (Wildman–Crippen MR) is 110 cm³/mol. The average Bonchev–Trinajstić information content (AvgIpc) is 2.68. The number of anilines is 1. The molecule has 0 aliphatic rings. The van der Waals surface area contributed by atoms with Crippen LogP contribution in [0, 0.1) is 12.7 Å². The lowest BCUT2D eigenvalue weighted by Gasteiger charge is -2.28. The molecule has 5 N–H and O–H groups in total. The summed E-state index contributed by atoms with van der Waals surface area (Å²) in [6.07, 6.45) is 0.823. The standard InChI is InChI=1S/C20H27FN4OS/c1-3-11-25(12-10-22)20(26)19(15-5-4-14(2)18(21)13-15)24-16-6-8-17(27-23)9-7-16/h4-9,13,19,24H,3,10-12,22-23H2,1-2H3. The van der Waals surface area contributed by atoms with Crippen molar-refractivity contribution in [2.24, 2.45) is 10.9 Å². The van der Waals surface area contributed by atoms with Crippen molar-refractivity contribution in [3.8, 4) is 0 Å². The zero-order chi connectivity index (χ0) is 19.8. The van der Waals surface area contributed by atoms with Crippen molar-refractivity contribution in [3.63, 3.8) is 0 Å². The van der Waals surface area contributed by atoms with Crippen LogP contribution in [0.5, 0.6) is 0 Å². The van der Waals surface area contributed by atoms with E-state index in [9.17, 15) is 9.18 Å². The minimum Gasteiger partial charge on any atom is -0.370 e. The molecule has 7 heteroatoms. The highest BCUT2D eigenvalue weighted by Crippen LogP contribution is 2.25. The number of halogens is 1.